The summed E-state index contributed by atoms with van der Waals surface area (Å²) in [6.45, 7) is 0.753. The number of likely N-dealkylation sites (tertiary alicyclic amines) is 1. The molecule has 2 aromatic heterocycles. The van der Waals surface area contributed by atoms with Crippen molar-refractivity contribution in [2.75, 3.05) is 18.4 Å². The minimum absolute atomic E-state index is 0.132. The summed E-state index contributed by atoms with van der Waals surface area (Å²) in [4.78, 5) is 34.2. The Kier molecular flexibility index (Phi) is 5.26. The minimum Gasteiger partial charge on any atom is -0.350 e. The summed E-state index contributed by atoms with van der Waals surface area (Å²) in [6, 6.07) is 12.9. The third-order valence-corrected chi connectivity index (χ3v) is 5.09. The normalized spacial score (nSPS) is 15.6. The van der Waals surface area contributed by atoms with E-state index < -0.39 is 5.82 Å². The van der Waals surface area contributed by atoms with E-state index >= 15 is 0 Å². The fourth-order valence-electron chi connectivity index (χ4n) is 3.47. The molecule has 0 bridgehead atoms. The highest BCUT2D eigenvalue weighted by Gasteiger charge is 2.32. The Bertz CT molecular complexity index is 1140. The fraction of sp³-hybridized carbons (Fsp3) is 0.182. The number of rotatable bonds is 4. The molecular weight excluding hydrogens is 385 g/mol. The predicted octanol–water partition coefficient (Wildman–Crippen LogP) is 3.19. The lowest BCUT2D eigenvalue weighted by molar-refractivity contribution is -0.119. The largest absolute Gasteiger partial charge is 0.350 e. The number of aromatic amines is 1. The van der Waals surface area contributed by atoms with Gasteiger partial charge in [-0.3, -0.25) is 14.6 Å². The minimum atomic E-state index is -0.635. The molecule has 150 valence electrons. The number of carbonyl (C=O) groups is 2. The quantitative estimate of drug-likeness (QED) is 0.698. The number of hydrogen-bond acceptors (Lipinski definition) is 4. The summed E-state index contributed by atoms with van der Waals surface area (Å²) in [7, 11) is 0. The monoisotopic (exact) mass is 403 g/mol. The Morgan fingerprint density at radius 1 is 1.27 bits per heavy atom. The molecule has 1 aliphatic heterocycles. The van der Waals surface area contributed by atoms with Crippen LogP contribution in [0.3, 0.4) is 0 Å². The van der Waals surface area contributed by atoms with Crippen LogP contribution in [0.4, 0.5) is 10.1 Å². The van der Waals surface area contributed by atoms with Crippen LogP contribution in [0.5, 0.6) is 0 Å². The maximum absolute atomic E-state index is 13.4. The third-order valence-electron chi connectivity index (χ3n) is 5.09. The highest BCUT2D eigenvalue weighted by Crippen LogP contribution is 2.23. The number of benzene rings is 1. The molecule has 2 N–H and O–H groups in total. The molecule has 8 heteroatoms. The van der Waals surface area contributed by atoms with Crippen LogP contribution < -0.4 is 5.32 Å². The smallest absolute Gasteiger partial charge is 0.270 e. The molecule has 1 aromatic carbocycles. The second kappa shape index (κ2) is 8.17. The van der Waals surface area contributed by atoms with Crippen LogP contribution in [0.1, 0.15) is 22.5 Å². The first kappa shape index (κ1) is 19.3. The van der Waals surface area contributed by atoms with Crippen molar-refractivity contribution in [3.05, 3.63) is 71.9 Å². The van der Waals surface area contributed by atoms with Crippen molar-refractivity contribution in [3.8, 4) is 17.3 Å². The topological polar surface area (TPSA) is 102 Å². The van der Waals surface area contributed by atoms with Crippen LogP contribution in [0.2, 0.25) is 0 Å². The summed E-state index contributed by atoms with van der Waals surface area (Å²) >= 11 is 0. The molecule has 1 aliphatic rings. The number of H-pyrrole nitrogens is 1. The summed E-state index contributed by atoms with van der Waals surface area (Å²) in [6.07, 6.45) is 3.92. The summed E-state index contributed by atoms with van der Waals surface area (Å²) in [5.74, 6) is -1.45. The van der Waals surface area contributed by atoms with Crippen molar-refractivity contribution in [1.82, 2.24) is 14.9 Å². The van der Waals surface area contributed by atoms with Gasteiger partial charge in [0.15, 0.2) is 0 Å². The van der Waals surface area contributed by atoms with Crippen LogP contribution >= 0.6 is 0 Å². The van der Waals surface area contributed by atoms with Crippen LogP contribution in [0.25, 0.3) is 11.3 Å². The van der Waals surface area contributed by atoms with E-state index in [0.29, 0.717) is 24.3 Å². The van der Waals surface area contributed by atoms with Crippen LogP contribution in [0.15, 0.2) is 54.9 Å². The van der Waals surface area contributed by atoms with Crippen LogP contribution in [0, 0.1) is 23.1 Å². The average Bonchev–Trinajstić information content (AvgIpc) is 3.45. The Hall–Kier alpha value is -3.99. The lowest BCUT2D eigenvalue weighted by Crippen LogP contribution is -2.31. The molecule has 0 saturated carbocycles. The van der Waals surface area contributed by atoms with Crippen molar-refractivity contribution >= 4 is 17.5 Å². The van der Waals surface area contributed by atoms with Gasteiger partial charge in [0.25, 0.3) is 5.91 Å². The van der Waals surface area contributed by atoms with Gasteiger partial charge in [0, 0.05) is 42.4 Å². The van der Waals surface area contributed by atoms with Gasteiger partial charge in [0.2, 0.25) is 5.91 Å². The van der Waals surface area contributed by atoms with Gasteiger partial charge in [-0.2, -0.15) is 5.26 Å². The van der Waals surface area contributed by atoms with Crippen molar-refractivity contribution in [2.45, 2.75) is 6.42 Å². The van der Waals surface area contributed by atoms with Crippen molar-refractivity contribution in [2.24, 2.45) is 5.92 Å². The lowest BCUT2D eigenvalue weighted by Gasteiger charge is -2.16. The van der Waals surface area contributed by atoms with Crippen molar-refractivity contribution in [1.29, 1.82) is 5.26 Å². The molecule has 0 radical (unpaired) electrons. The Balaban J connectivity index is 1.39. The van der Waals surface area contributed by atoms with Crippen molar-refractivity contribution < 1.29 is 14.0 Å². The number of amides is 2. The molecule has 30 heavy (non-hydrogen) atoms. The molecule has 4 rings (SSSR count). The first-order chi connectivity index (χ1) is 14.5. The van der Waals surface area contributed by atoms with E-state index in [-0.39, 0.29) is 29.8 Å². The van der Waals surface area contributed by atoms with E-state index in [4.69, 9.17) is 5.26 Å². The van der Waals surface area contributed by atoms with Gasteiger partial charge in [-0.15, -0.1) is 0 Å². The van der Waals surface area contributed by atoms with Crippen molar-refractivity contribution in [3.63, 3.8) is 0 Å². The van der Waals surface area contributed by atoms with Gasteiger partial charge in [0.05, 0.1) is 11.5 Å². The van der Waals surface area contributed by atoms with Gasteiger partial charge in [-0.05, 0) is 48.9 Å². The fourth-order valence-corrected chi connectivity index (χ4v) is 3.47. The van der Waals surface area contributed by atoms with Gasteiger partial charge in [-0.1, -0.05) is 0 Å². The standard InChI is InChI=1S/C22H18FN5O2/c23-18-4-3-17(10-16(18)11-24)26-21(29)15-7-9-28(13-15)22(30)20-6-5-19(27-20)14-2-1-8-25-12-14/h1-6,8,10,12,15,27H,7,9,13H2,(H,26,29)/t15-/m0/s1. The number of nitrogens with zero attached hydrogens (tertiary/aromatic N) is 3. The number of halogens is 1. The van der Waals surface area contributed by atoms with E-state index in [1.807, 2.05) is 18.2 Å². The summed E-state index contributed by atoms with van der Waals surface area (Å²) in [5.41, 5.74) is 2.35. The second-order valence-electron chi connectivity index (χ2n) is 7.06. The number of nitriles is 1. The number of hydrogen-bond donors (Lipinski definition) is 2. The molecule has 0 unspecified atom stereocenters. The molecule has 1 atom stereocenters. The molecular formula is C22H18FN5O2. The van der Waals surface area contributed by atoms with Gasteiger partial charge >= 0.3 is 0 Å². The van der Waals surface area contributed by atoms with E-state index in [9.17, 15) is 14.0 Å². The number of anilines is 1. The SMILES string of the molecule is N#Cc1cc(NC(=O)[C@H]2CCN(C(=O)c3ccc(-c4cccnc4)[nH]3)C2)ccc1F. The number of nitrogens with one attached hydrogen (secondary N) is 2. The number of carbonyl (C=O) groups excluding carboxylic acids is 2. The first-order valence-electron chi connectivity index (χ1n) is 9.44. The Morgan fingerprint density at radius 3 is 2.90 bits per heavy atom. The highest BCUT2D eigenvalue weighted by molar-refractivity contribution is 5.96. The highest BCUT2D eigenvalue weighted by atomic mass is 19.1. The van der Waals surface area contributed by atoms with Gasteiger partial charge < -0.3 is 15.2 Å². The van der Waals surface area contributed by atoms with E-state index in [0.717, 1.165) is 17.3 Å². The molecule has 3 aromatic rings. The average molecular weight is 403 g/mol. The van der Waals surface area contributed by atoms with Crippen LogP contribution in [-0.4, -0.2) is 39.8 Å². The molecule has 2 amide bonds. The summed E-state index contributed by atoms with van der Waals surface area (Å²) < 4.78 is 13.4. The Morgan fingerprint density at radius 2 is 2.13 bits per heavy atom. The Labute approximate surface area is 172 Å². The van der Waals surface area contributed by atoms with E-state index in [2.05, 4.69) is 15.3 Å². The molecule has 1 saturated heterocycles. The molecule has 0 spiro atoms. The summed E-state index contributed by atoms with van der Waals surface area (Å²) in [5, 5.41) is 11.6. The third kappa shape index (κ3) is 3.91. The van der Waals surface area contributed by atoms with Crippen LogP contribution in [-0.2, 0) is 4.79 Å². The zero-order chi connectivity index (χ0) is 21.1. The maximum Gasteiger partial charge on any atom is 0.270 e. The zero-order valence-corrected chi connectivity index (χ0v) is 15.9. The number of pyridine rings is 1. The predicted molar refractivity (Wildman–Crippen MR) is 108 cm³/mol. The molecule has 7 nitrogen and oxygen atoms in total. The van der Waals surface area contributed by atoms with E-state index in [1.165, 1.54) is 12.1 Å². The molecule has 1 fully saturated rings. The number of aromatic nitrogens is 2. The zero-order valence-electron chi connectivity index (χ0n) is 15.9. The molecule has 0 aliphatic carbocycles. The van der Waals surface area contributed by atoms with E-state index in [1.54, 1.807) is 29.4 Å². The first-order valence-corrected chi connectivity index (χ1v) is 9.44. The maximum atomic E-state index is 13.4. The lowest BCUT2D eigenvalue weighted by atomic mass is 10.1. The van der Waals surface area contributed by atoms with Gasteiger partial charge in [-0.25, -0.2) is 4.39 Å². The second-order valence-corrected chi connectivity index (χ2v) is 7.06. The molecule has 3 heterocycles. The van der Waals surface area contributed by atoms with Gasteiger partial charge in [0.1, 0.15) is 17.6 Å².